The van der Waals surface area contributed by atoms with E-state index in [1.165, 1.54) is 12.1 Å². The van der Waals surface area contributed by atoms with Crippen LogP contribution in [-0.4, -0.2) is 17.4 Å². The summed E-state index contributed by atoms with van der Waals surface area (Å²) >= 11 is 0. The highest BCUT2D eigenvalue weighted by Crippen LogP contribution is 2.29. The molecule has 1 heterocycles. The highest BCUT2D eigenvalue weighted by molar-refractivity contribution is 5.75. The van der Waals surface area contributed by atoms with E-state index in [4.69, 9.17) is 4.42 Å². The van der Waals surface area contributed by atoms with Gasteiger partial charge in [0.1, 0.15) is 11.6 Å². The third kappa shape index (κ3) is 5.07. The van der Waals surface area contributed by atoms with Crippen molar-refractivity contribution in [3.8, 4) is 0 Å². The molecule has 1 amide bonds. The van der Waals surface area contributed by atoms with E-state index >= 15 is 0 Å². The summed E-state index contributed by atoms with van der Waals surface area (Å²) in [7, 11) is 0. The van der Waals surface area contributed by atoms with Crippen molar-refractivity contribution in [3.05, 3.63) is 95.7 Å². The fourth-order valence-corrected chi connectivity index (χ4v) is 3.26. The predicted octanol–water partition coefficient (Wildman–Crippen LogP) is 5.38. The van der Waals surface area contributed by atoms with E-state index in [2.05, 4.69) is 0 Å². The lowest BCUT2D eigenvalue weighted by Gasteiger charge is -2.25. The molecule has 1 aromatic heterocycles. The van der Waals surface area contributed by atoms with Gasteiger partial charge in [0.2, 0.25) is 5.91 Å². The van der Waals surface area contributed by atoms with Gasteiger partial charge in [0.05, 0.1) is 6.26 Å². The molecular formula is C23H24FNO2. The maximum Gasteiger partial charge on any atom is 0.222 e. The van der Waals surface area contributed by atoms with Crippen molar-refractivity contribution < 1.29 is 13.6 Å². The minimum absolute atomic E-state index is 0.0245. The van der Waals surface area contributed by atoms with Crippen molar-refractivity contribution in [3.63, 3.8) is 0 Å². The molecule has 0 unspecified atom stereocenters. The zero-order valence-electron chi connectivity index (χ0n) is 15.5. The Morgan fingerprint density at radius 3 is 2.41 bits per heavy atom. The normalized spacial score (nSPS) is 11.9. The standard InChI is InChI=1S/C23H24FNO2/c1-2-23(26)25(17-18-7-4-3-5-8-18)15-14-21(22-9-6-16-27-22)19-10-12-20(24)13-11-19/h3-13,16,21H,2,14-15,17H2,1H3/t21-/m0/s1. The summed E-state index contributed by atoms with van der Waals surface area (Å²) in [5.74, 6) is 0.661. The molecule has 3 aromatic rings. The molecule has 0 radical (unpaired) electrons. The van der Waals surface area contributed by atoms with Crippen LogP contribution in [0.5, 0.6) is 0 Å². The zero-order valence-corrected chi connectivity index (χ0v) is 15.5. The van der Waals surface area contributed by atoms with Crippen molar-refractivity contribution in [1.29, 1.82) is 0 Å². The molecule has 3 rings (SSSR count). The molecule has 0 N–H and O–H groups in total. The van der Waals surface area contributed by atoms with Crippen molar-refractivity contribution in [2.45, 2.75) is 32.2 Å². The van der Waals surface area contributed by atoms with Crippen LogP contribution in [0.4, 0.5) is 4.39 Å². The molecule has 140 valence electrons. The Bertz CT molecular complexity index is 829. The number of benzene rings is 2. The molecular weight excluding hydrogens is 341 g/mol. The third-order valence-electron chi connectivity index (χ3n) is 4.72. The highest BCUT2D eigenvalue weighted by Gasteiger charge is 2.20. The minimum atomic E-state index is -0.260. The number of rotatable bonds is 8. The van der Waals surface area contributed by atoms with Crippen molar-refractivity contribution >= 4 is 5.91 Å². The topological polar surface area (TPSA) is 33.5 Å². The predicted molar refractivity (Wildman–Crippen MR) is 104 cm³/mol. The Morgan fingerprint density at radius 2 is 1.78 bits per heavy atom. The molecule has 0 saturated carbocycles. The molecule has 0 aliphatic carbocycles. The van der Waals surface area contributed by atoms with Gasteiger partial charge >= 0.3 is 0 Å². The van der Waals surface area contributed by atoms with Crippen LogP contribution in [0.2, 0.25) is 0 Å². The Labute approximate surface area is 159 Å². The second kappa shape index (κ2) is 9.17. The van der Waals surface area contributed by atoms with E-state index < -0.39 is 0 Å². The van der Waals surface area contributed by atoms with Crippen molar-refractivity contribution in [2.75, 3.05) is 6.54 Å². The third-order valence-corrected chi connectivity index (χ3v) is 4.72. The number of halogens is 1. The zero-order chi connectivity index (χ0) is 19.1. The summed E-state index contributed by atoms with van der Waals surface area (Å²) in [4.78, 5) is 14.3. The quantitative estimate of drug-likeness (QED) is 0.537. The molecule has 0 spiro atoms. The first-order valence-electron chi connectivity index (χ1n) is 9.28. The largest absolute Gasteiger partial charge is 0.469 e. The number of carbonyl (C=O) groups is 1. The fourth-order valence-electron chi connectivity index (χ4n) is 3.26. The number of carbonyl (C=O) groups excluding carboxylic acids is 1. The molecule has 0 bridgehead atoms. The molecule has 3 nitrogen and oxygen atoms in total. The van der Waals surface area contributed by atoms with Gasteiger partial charge in [-0.3, -0.25) is 4.79 Å². The lowest BCUT2D eigenvalue weighted by atomic mass is 9.93. The van der Waals surface area contributed by atoms with E-state index in [1.807, 2.05) is 54.3 Å². The maximum atomic E-state index is 13.3. The lowest BCUT2D eigenvalue weighted by Crippen LogP contribution is -2.31. The van der Waals surface area contributed by atoms with Gasteiger partial charge in [-0.1, -0.05) is 49.4 Å². The molecule has 0 aliphatic rings. The number of furan rings is 1. The second-order valence-electron chi connectivity index (χ2n) is 6.56. The van der Waals surface area contributed by atoms with Crippen LogP contribution in [0.25, 0.3) is 0 Å². The summed E-state index contributed by atoms with van der Waals surface area (Å²) in [6.07, 6.45) is 2.82. The fraction of sp³-hybridized carbons (Fsp3) is 0.261. The average Bonchev–Trinajstić information content (AvgIpc) is 3.23. The molecule has 27 heavy (non-hydrogen) atoms. The van der Waals surface area contributed by atoms with Crippen LogP contribution >= 0.6 is 0 Å². The molecule has 4 heteroatoms. The molecule has 0 saturated heterocycles. The second-order valence-corrected chi connectivity index (χ2v) is 6.56. The SMILES string of the molecule is CCC(=O)N(CC[C@@H](c1ccc(F)cc1)c1ccco1)Cc1ccccc1. The molecule has 1 atom stereocenters. The van der Waals surface area contributed by atoms with Gasteiger partial charge in [0.15, 0.2) is 0 Å². The van der Waals surface area contributed by atoms with Gasteiger partial charge in [-0.05, 0) is 41.8 Å². The summed E-state index contributed by atoms with van der Waals surface area (Å²) in [6, 6.07) is 20.3. The average molecular weight is 365 g/mol. The van der Waals surface area contributed by atoms with E-state index in [0.717, 1.165) is 16.9 Å². The Morgan fingerprint density at radius 1 is 1.04 bits per heavy atom. The first-order valence-corrected chi connectivity index (χ1v) is 9.28. The minimum Gasteiger partial charge on any atom is -0.469 e. The number of hydrogen-bond donors (Lipinski definition) is 0. The van der Waals surface area contributed by atoms with Crippen LogP contribution < -0.4 is 0 Å². The van der Waals surface area contributed by atoms with Gasteiger partial charge in [-0.2, -0.15) is 0 Å². The summed E-state index contributed by atoms with van der Waals surface area (Å²) in [5, 5.41) is 0. The summed E-state index contributed by atoms with van der Waals surface area (Å²) in [5.41, 5.74) is 2.09. The Kier molecular flexibility index (Phi) is 6.42. The van der Waals surface area contributed by atoms with Crippen LogP contribution in [-0.2, 0) is 11.3 Å². The number of hydrogen-bond acceptors (Lipinski definition) is 2. The number of nitrogens with zero attached hydrogens (tertiary/aromatic N) is 1. The van der Waals surface area contributed by atoms with Crippen LogP contribution in [0.15, 0.2) is 77.4 Å². The molecule has 0 aliphatic heterocycles. The lowest BCUT2D eigenvalue weighted by molar-refractivity contribution is -0.131. The first-order chi connectivity index (χ1) is 13.2. The van der Waals surface area contributed by atoms with Gasteiger partial charge in [-0.15, -0.1) is 0 Å². The summed E-state index contributed by atoms with van der Waals surface area (Å²) in [6.45, 7) is 3.07. The van der Waals surface area contributed by atoms with Crippen molar-refractivity contribution in [1.82, 2.24) is 4.90 Å². The maximum absolute atomic E-state index is 13.3. The monoisotopic (exact) mass is 365 g/mol. The molecule has 2 aromatic carbocycles. The first kappa shape index (κ1) is 18.9. The van der Waals surface area contributed by atoms with Crippen LogP contribution in [0.1, 0.15) is 42.6 Å². The van der Waals surface area contributed by atoms with Crippen LogP contribution in [0.3, 0.4) is 0 Å². The van der Waals surface area contributed by atoms with E-state index in [9.17, 15) is 9.18 Å². The van der Waals surface area contributed by atoms with Gasteiger partial charge in [-0.25, -0.2) is 4.39 Å². The Balaban J connectivity index is 1.77. The van der Waals surface area contributed by atoms with Gasteiger partial charge in [0.25, 0.3) is 0 Å². The van der Waals surface area contributed by atoms with Crippen LogP contribution in [0, 0.1) is 5.82 Å². The van der Waals surface area contributed by atoms with Gasteiger partial charge in [0, 0.05) is 25.4 Å². The smallest absolute Gasteiger partial charge is 0.222 e. The highest BCUT2D eigenvalue weighted by atomic mass is 19.1. The Hall–Kier alpha value is -2.88. The number of amides is 1. The van der Waals surface area contributed by atoms with E-state index in [0.29, 0.717) is 25.9 Å². The van der Waals surface area contributed by atoms with E-state index in [-0.39, 0.29) is 17.6 Å². The van der Waals surface area contributed by atoms with Crippen molar-refractivity contribution in [2.24, 2.45) is 0 Å². The molecule has 0 fully saturated rings. The van der Waals surface area contributed by atoms with E-state index in [1.54, 1.807) is 18.4 Å². The van der Waals surface area contributed by atoms with Gasteiger partial charge < -0.3 is 9.32 Å². The summed E-state index contributed by atoms with van der Waals surface area (Å²) < 4.78 is 18.9.